The molecule has 0 saturated heterocycles. The van der Waals surface area contributed by atoms with Gasteiger partial charge in [-0.05, 0) is 74.2 Å². The number of rotatable bonds is 12. The van der Waals surface area contributed by atoms with Crippen molar-refractivity contribution in [2.24, 2.45) is 0 Å². The summed E-state index contributed by atoms with van der Waals surface area (Å²) in [6, 6.07) is 19.6. The van der Waals surface area contributed by atoms with Gasteiger partial charge in [0.05, 0.1) is 10.6 Å². The lowest BCUT2D eigenvalue weighted by atomic mass is 10.1. The number of unbranched alkanes of at least 4 members (excludes halogenated alkanes) is 1. The van der Waals surface area contributed by atoms with Gasteiger partial charge >= 0.3 is 0 Å². The van der Waals surface area contributed by atoms with Gasteiger partial charge in [-0.1, -0.05) is 67.4 Å². The molecule has 3 rings (SSSR count). The lowest BCUT2D eigenvalue weighted by Crippen LogP contribution is -2.51. The highest BCUT2D eigenvalue weighted by atomic mass is 35.5. The van der Waals surface area contributed by atoms with Crippen LogP contribution >= 0.6 is 11.6 Å². The Bertz CT molecular complexity index is 1380. The Morgan fingerprint density at radius 2 is 1.62 bits per heavy atom. The summed E-state index contributed by atoms with van der Waals surface area (Å²) >= 11 is 6.05. The second-order valence-electron chi connectivity index (χ2n) is 9.51. The molecule has 0 aliphatic rings. The number of anilines is 1. The third-order valence-electron chi connectivity index (χ3n) is 6.72. The molecule has 0 aliphatic carbocycles. The van der Waals surface area contributed by atoms with Crippen LogP contribution in [0, 0.1) is 13.8 Å². The summed E-state index contributed by atoms with van der Waals surface area (Å²) in [6.45, 7) is 7.55. The monoisotopic (exact) mass is 569 g/mol. The van der Waals surface area contributed by atoms with Crippen LogP contribution in [0.1, 0.15) is 43.4 Å². The van der Waals surface area contributed by atoms with E-state index in [1.165, 1.54) is 17.0 Å². The van der Waals surface area contributed by atoms with Crippen LogP contribution in [0.5, 0.6) is 0 Å². The lowest BCUT2D eigenvalue weighted by Gasteiger charge is -2.32. The third kappa shape index (κ3) is 7.61. The van der Waals surface area contributed by atoms with Crippen LogP contribution < -0.4 is 9.62 Å². The number of nitrogens with zero attached hydrogens (tertiary/aromatic N) is 2. The van der Waals surface area contributed by atoms with E-state index < -0.39 is 28.5 Å². The molecule has 208 valence electrons. The van der Waals surface area contributed by atoms with E-state index in [2.05, 4.69) is 5.32 Å². The van der Waals surface area contributed by atoms with Crippen LogP contribution in [0.3, 0.4) is 0 Å². The van der Waals surface area contributed by atoms with Gasteiger partial charge in [0.15, 0.2) is 0 Å². The first-order valence-corrected chi connectivity index (χ1v) is 14.8. The predicted octanol–water partition coefficient (Wildman–Crippen LogP) is 5.49. The minimum absolute atomic E-state index is 0.0771. The van der Waals surface area contributed by atoms with Crippen LogP contribution in [-0.2, 0) is 26.2 Å². The molecule has 1 N–H and O–H groups in total. The maximum Gasteiger partial charge on any atom is 0.264 e. The van der Waals surface area contributed by atoms with Gasteiger partial charge in [-0.15, -0.1) is 0 Å². The zero-order valence-electron chi connectivity index (χ0n) is 22.9. The highest BCUT2D eigenvalue weighted by Gasteiger charge is 2.33. The molecular formula is C30H36ClN3O4S. The van der Waals surface area contributed by atoms with Crippen molar-refractivity contribution in [1.82, 2.24) is 10.2 Å². The molecule has 0 radical (unpaired) electrons. The Hall–Kier alpha value is -3.36. The number of hydrogen-bond acceptors (Lipinski definition) is 4. The molecule has 3 aromatic rings. The molecular weight excluding hydrogens is 534 g/mol. The molecule has 0 fully saturated rings. The van der Waals surface area contributed by atoms with Crippen LogP contribution in [0.4, 0.5) is 5.69 Å². The minimum Gasteiger partial charge on any atom is -0.354 e. The zero-order valence-corrected chi connectivity index (χ0v) is 24.4. The summed E-state index contributed by atoms with van der Waals surface area (Å²) in [7, 11) is -4.10. The van der Waals surface area contributed by atoms with Gasteiger partial charge in [0.25, 0.3) is 10.0 Å². The van der Waals surface area contributed by atoms with Crippen molar-refractivity contribution in [3.8, 4) is 0 Å². The second kappa shape index (κ2) is 13.6. The molecule has 7 nitrogen and oxygen atoms in total. The molecule has 9 heteroatoms. The van der Waals surface area contributed by atoms with Gasteiger partial charge < -0.3 is 10.2 Å². The molecule has 0 aromatic heterocycles. The Morgan fingerprint density at radius 1 is 0.949 bits per heavy atom. The largest absolute Gasteiger partial charge is 0.354 e. The first-order chi connectivity index (χ1) is 18.6. The molecule has 0 heterocycles. The molecule has 0 spiro atoms. The molecule has 39 heavy (non-hydrogen) atoms. The second-order valence-corrected chi connectivity index (χ2v) is 11.8. The summed E-state index contributed by atoms with van der Waals surface area (Å²) in [5.41, 5.74) is 2.83. The van der Waals surface area contributed by atoms with E-state index in [4.69, 9.17) is 11.6 Å². The lowest BCUT2D eigenvalue weighted by molar-refractivity contribution is -0.139. The number of benzene rings is 3. The van der Waals surface area contributed by atoms with E-state index in [9.17, 15) is 18.0 Å². The molecule has 0 saturated carbocycles. The first kappa shape index (κ1) is 30.2. The maximum atomic E-state index is 14.0. The quantitative estimate of drug-likeness (QED) is 0.292. The molecule has 1 unspecified atom stereocenters. The normalized spacial score (nSPS) is 12.0. The number of amides is 2. The first-order valence-electron chi connectivity index (χ1n) is 13.0. The predicted molar refractivity (Wildman–Crippen MR) is 156 cm³/mol. The SMILES string of the molecule is CCCCNC(=O)C(C)N(Cc1ccc(Cl)cc1)C(=O)CN(c1cccc(C)c1C)S(=O)(=O)c1ccccc1. The van der Waals surface area contributed by atoms with E-state index in [0.717, 1.165) is 33.8 Å². The topological polar surface area (TPSA) is 86.8 Å². The molecule has 0 bridgehead atoms. The van der Waals surface area contributed by atoms with Crippen molar-refractivity contribution in [1.29, 1.82) is 0 Å². The van der Waals surface area contributed by atoms with Gasteiger partial charge in [-0.25, -0.2) is 8.42 Å². The summed E-state index contributed by atoms with van der Waals surface area (Å²) in [6.07, 6.45) is 1.74. The highest BCUT2D eigenvalue weighted by Crippen LogP contribution is 2.29. The summed E-state index contributed by atoms with van der Waals surface area (Å²) in [4.78, 5) is 28.5. The van der Waals surface area contributed by atoms with Crippen molar-refractivity contribution < 1.29 is 18.0 Å². The van der Waals surface area contributed by atoms with Crippen molar-refractivity contribution >= 4 is 39.1 Å². The number of aryl methyl sites for hydroxylation is 1. The fraction of sp³-hybridized carbons (Fsp3) is 0.333. The van der Waals surface area contributed by atoms with E-state index in [-0.39, 0.29) is 17.3 Å². The van der Waals surface area contributed by atoms with E-state index in [1.54, 1.807) is 61.5 Å². The van der Waals surface area contributed by atoms with Crippen LogP contribution in [0.2, 0.25) is 5.02 Å². The number of carbonyl (C=O) groups excluding carboxylic acids is 2. The van der Waals surface area contributed by atoms with E-state index >= 15 is 0 Å². The van der Waals surface area contributed by atoms with Crippen molar-refractivity contribution in [2.75, 3.05) is 17.4 Å². The average molecular weight is 570 g/mol. The highest BCUT2D eigenvalue weighted by molar-refractivity contribution is 7.92. The van der Waals surface area contributed by atoms with Crippen molar-refractivity contribution in [2.45, 2.75) is 58.0 Å². The van der Waals surface area contributed by atoms with Crippen LogP contribution in [0.25, 0.3) is 0 Å². The van der Waals surface area contributed by atoms with Gasteiger partial charge in [0.2, 0.25) is 11.8 Å². The van der Waals surface area contributed by atoms with Gasteiger partial charge in [0.1, 0.15) is 12.6 Å². The third-order valence-corrected chi connectivity index (χ3v) is 8.74. The smallest absolute Gasteiger partial charge is 0.264 e. The van der Waals surface area contributed by atoms with Gasteiger partial charge in [-0.2, -0.15) is 0 Å². The fourth-order valence-electron chi connectivity index (χ4n) is 4.14. The summed E-state index contributed by atoms with van der Waals surface area (Å²) in [5.74, 6) is -0.793. The maximum absolute atomic E-state index is 14.0. The summed E-state index contributed by atoms with van der Waals surface area (Å²) in [5, 5.41) is 3.44. The van der Waals surface area contributed by atoms with Crippen LogP contribution in [0.15, 0.2) is 77.7 Å². The average Bonchev–Trinajstić information content (AvgIpc) is 2.93. The molecule has 0 aliphatic heterocycles. The summed E-state index contributed by atoms with van der Waals surface area (Å²) < 4.78 is 28.9. The van der Waals surface area contributed by atoms with Gasteiger partial charge in [0, 0.05) is 18.1 Å². The van der Waals surface area contributed by atoms with Crippen molar-refractivity contribution in [3.05, 3.63) is 94.5 Å². The number of sulfonamides is 1. The zero-order chi connectivity index (χ0) is 28.6. The van der Waals surface area contributed by atoms with E-state index in [0.29, 0.717) is 17.3 Å². The minimum atomic E-state index is -4.10. The number of carbonyl (C=O) groups is 2. The molecule has 1 atom stereocenters. The van der Waals surface area contributed by atoms with Crippen LogP contribution in [-0.4, -0.2) is 44.3 Å². The Morgan fingerprint density at radius 3 is 2.26 bits per heavy atom. The number of halogens is 1. The Balaban J connectivity index is 2.02. The Kier molecular flexibility index (Phi) is 10.5. The van der Waals surface area contributed by atoms with Crippen molar-refractivity contribution in [3.63, 3.8) is 0 Å². The molecule has 2 amide bonds. The van der Waals surface area contributed by atoms with Gasteiger partial charge in [-0.3, -0.25) is 13.9 Å². The fourth-order valence-corrected chi connectivity index (χ4v) is 5.76. The number of hydrogen-bond donors (Lipinski definition) is 1. The van der Waals surface area contributed by atoms with E-state index in [1.807, 2.05) is 26.8 Å². The number of nitrogens with one attached hydrogen (secondary N) is 1. The standard InChI is InChI=1S/C30H36ClN3O4S/c1-5-6-19-32-30(36)24(4)33(20-25-15-17-26(31)18-16-25)29(35)21-34(28-14-10-11-22(2)23(28)3)39(37,38)27-12-8-7-9-13-27/h7-18,24H,5-6,19-21H2,1-4H3,(H,32,36). The molecule has 3 aromatic carbocycles. The Labute approximate surface area is 236 Å².